The van der Waals surface area contributed by atoms with Crippen LogP contribution in [0.4, 0.5) is 5.69 Å². The van der Waals surface area contributed by atoms with Gasteiger partial charge in [-0.15, -0.1) is 0 Å². The third-order valence-electron chi connectivity index (χ3n) is 3.61. The van der Waals surface area contributed by atoms with Crippen molar-refractivity contribution in [3.05, 3.63) is 28.7 Å². The highest BCUT2D eigenvalue weighted by Gasteiger charge is 2.20. The molecule has 0 unspecified atom stereocenters. The first-order valence-corrected chi connectivity index (χ1v) is 7.08. The minimum Gasteiger partial charge on any atom is -0.381 e. The molecule has 16 heavy (non-hydrogen) atoms. The summed E-state index contributed by atoms with van der Waals surface area (Å²) >= 11 is 3.59. The van der Waals surface area contributed by atoms with Crippen molar-refractivity contribution in [2.75, 3.05) is 5.32 Å². The molecule has 1 aliphatic rings. The van der Waals surface area contributed by atoms with Gasteiger partial charge < -0.3 is 5.32 Å². The van der Waals surface area contributed by atoms with Crippen molar-refractivity contribution in [3.8, 4) is 0 Å². The molecule has 1 saturated carbocycles. The summed E-state index contributed by atoms with van der Waals surface area (Å²) in [7, 11) is 0. The molecule has 2 heteroatoms. The van der Waals surface area contributed by atoms with E-state index >= 15 is 0 Å². The lowest BCUT2D eigenvalue weighted by Crippen LogP contribution is -2.27. The van der Waals surface area contributed by atoms with Gasteiger partial charge >= 0.3 is 0 Å². The highest BCUT2D eigenvalue weighted by Crippen LogP contribution is 2.29. The van der Waals surface area contributed by atoms with E-state index in [1.54, 1.807) is 0 Å². The van der Waals surface area contributed by atoms with Gasteiger partial charge in [-0.05, 0) is 53.7 Å². The zero-order chi connectivity index (χ0) is 11.4. The lowest BCUT2D eigenvalue weighted by Gasteiger charge is -2.29. The minimum absolute atomic E-state index is 0.582. The van der Waals surface area contributed by atoms with Crippen LogP contribution in [0.15, 0.2) is 28.7 Å². The summed E-state index contributed by atoms with van der Waals surface area (Å²) in [6.45, 7) is 2.31. The molecule has 0 aliphatic heterocycles. The largest absolute Gasteiger partial charge is 0.381 e. The summed E-state index contributed by atoms with van der Waals surface area (Å²) < 4.78 is 1.16. The maximum atomic E-state index is 3.63. The smallest absolute Gasteiger partial charge is 0.0486 e. The van der Waals surface area contributed by atoms with E-state index in [1.807, 2.05) is 0 Å². The lowest BCUT2D eigenvalue weighted by molar-refractivity contribution is 0.328. The standard InChI is InChI=1S/C14H20BrN/c1-11(12-7-3-2-4-8-12)16-14-10-6-5-9-13(14)15/h5-6,9-12,16H,2-4,7-8H2,1H3/t11-/m0/s1. The number of para-hydroxylation sites is 1. The van der Waals surface area contributed by atoms with E-state index in [9.17, 15) is 0 Å². The molecule has 1 N–H and O–H groups in total. The summed E-state index contributed by atoms with van der Waals surface area (Å²) in [5, 5.41) is 3.63. The van der Waals surface area contributed by atoms with Gasteiger partial charge in [-0.1, -0.05) is 31.4 Å². The van der Waals surface area contributed by atoms with Crippen molar-refractivity contribution < 1.29 is 0 Å². The molecule has 88 valence electrons. The van der Waals surface area contributed by atoms with Gasteiger partial charge in [0.15, 0.2) is 0 Å². The van der Waals surface area contributed by atoms with Crippen LogP contribution in [0.25, 0.3) is 0 Å². The van der Waals surface area contributed by atoms with Crippen LogP contribution in [0.5, 0.6) is 0 Å². The zero-order valence-electron chi connectivity index (χ0n) is 9.88. The van der Waals surface area contributed by atoms with Gasteiger partial charge in [0.2, 0.25) is 0 Å². The van der Waals surface area contributed by atoms with Crippen molar-refractivity contribution in [2.24, 2.45) is 5.92 Å². The molecule has 0 aromatic heterocycles. The summed E-state index contributed by atoms with van der Waals surface area (Å²) in [6.07, 6.45) is 7.02. The normalized spacial score (nSPS) is 19.4. The Bertz CT molecular complexity index is 331. The monoisotopic (exact) mass is 281 g/mol. The second kappa shape index (κ2) is 5.72. The predicted molar refractivity (Wildman–Crippen MR) is 73.8 cm³/mol. The van der Waals surface area contributed by atoms with Gasteiger partial charge in [0.05, 0.1) is 0 Å². The average molecular weight is 282 g/mol. The van der Waals surface area contributed by atoms with Crippen molar-refractivity contribution in [2.45, 2.75) is 45.1 Å². The third-order valence-corrected chi connectivity index (χ3v) is 4.31. The van der Waals surface area contributed by atoms with E-state index in [0.29, 0.717) is 6.04 Å². The van der Waals surface area contributed by atoms with Gasteiger partial charge in [0.1, 0.15) is 0 Å². The Kier molecular flexibility index (Phi) is 4.28. The number of anilines is 1. The average Bonchev–Trinajstić information content (AvgIpc) is 2.33. The van der Waals surface area contributed by atoms with E-state index < -0.39 is 0 Å². The topological polar surface area (TPSA) is 12.0 Å². The predicted octanol–water partition coefficient (Wildman–Crippen LogP) is 4.83. The third kappa shape index (κ3) is 3.00. The molecule has 1 aliphatic carbocycles. The summed E-state index contributed by atoms with van der Waals surface area (Å²) in [6, 6.07) is 8.96. The molecule has 0 saturated heterocycles. The fraction of sp³-hybridized carbons (Fsp3) is 0.571. The van der Waals surface area contributed by atoms with Crippen LogP contribution in [-0.4, -0.2) is 6.04 Å². The molecule has 1 nitrogen and oxygen atoms in total. The van der Waals surface area contributed by atoms with Crippen LogP contribution in [0.1, 0.15) is 39.0 Å². The Hall–Kier alpha value is -0.500. The van der Waals surface area contributed by atoms with Gasteiger partial charge in [0.25, 0.3) is 0 Å². The lowest BCUT2D eigenvalue weighted by atomic mass is 9.84. The van der Waals surface area contributed by atoms with Gasteiger partial charge in [-0.25, -0.2) is 0 Å². The molecule has 2 rings (SSSR count). The fourth-order valence-electron chi connectivity index (χ4n) is 2.58. The molecule has 0 amide bonds. The summed E-state index contributed by atoms with van der Waals surface area (Å²) in [5.74, 6) is 0.848. The maximum Gasteiger partial charge on any atom is 0.0486 e. The molecule has 1 aromatic rings. The first-order valence-electron chi connectivity index (χ1n) is 6.28. The second-order valence-corrected chi connectivity index (χ2v) is 5.67. The molecule has 1 aromatic carbocycles. The van der Waals surface area contributed by atoms with Crippen LogP contribution in [0.3, 0.4) is 0 Å². The molecule has 0 bridgehead atoms. The van der Waals surface area contributed by atoms with Crippen LogP contribution in [0, 0.1) is 5.92 Å². The Balaban J connectivity index is 1.96. The number of halogens is 1. The second-order valence-electron chi connectivity index (χ2n) is 4.81. The Morgan fingerprint density at radius 3 is 2.56 bits per heavy atom. The van der Waals surface area contributed by atoms with E-state index in [-0.39, 0.29) is 0 Å². The Labute approximate surface area is 107 Å². The van der Waals surface area contributed by atoms with E-state index in [0.717, 1.165) is 10.4 Å². The number of hydrogen-bond acceptors (Lipinski definition) is 1. The highest BCUT2D eigenvalue weighted by molar-refractivity contribution is 9.10. The number of nitrogens with one attached hydrogen (secondary N) is 1. The molecule has 0 spiro atoms. The first-order chi connectivity index (χ1) is 7.77. The molecule has 0 heterocycles. The van der Waals surface area contributed by atoms with Crippen LogP contribution in [-0.2, 0) is 0 Å². The Morgan fingerprint density at radius 2 is 1.88 bits per heavy atom. The molecular weight excluding hydrogens is 262 g/mol. The van der Waals surface area contributed by atoms with Gasteiger partial charge in [-0.3, -0.25) is 0 Å². The zero-order valence-corrected chi connectivity index (χ0v) is 11.5. The highest BCUT2D eigenvalue weighted by atomic mass is 79.9. The maximum absolute atomic E-state index is 3.63. The first kappa shape index (κ1) is 12.0. The van der Waals surface area contributed by atoms with Crippen LogP contribution >= 0.6 is 15.9 Å². The molecular formula is C14H20BrN. The van der Waals surface area contributed by atoms with Crippen molar-refractivity contribution in [1.82, 2.24) is 0 Å². The molecule has 0 radical (unpaired) electrons. The summed E-state index contributed by atoms with van der Waals surface area (Å²) in [5.41, 5.74) is 1.22. The number of rotatable bonds is 3. The van der Waals surface area contributed by atoms with Crippen molar-refractivity contribution in [3.63, 3.8) is 0 Å². The van der Waals surface area contributed by atoms with Gasteiger partial charge in [0, 0.05) is 16.2 Å². The van der Waals surface area contributed by atoms with Gasteiger partial charge in [-0.2, -0.15) is 0 Å². The van der Waals surface area contributed by atoms with E-state index in [2.05, 4.69) is 52.4 Å². The number of hydrogen-bond donors (Lipinski definition) is 1. The minimum atomic E-state index is 0.582. The van der Waals surface area contributed by atoms with E-state index in [4.69, 9.17) is 0 Å². The molecule has 1 fully saturated rings. The quantitative estimate of drug-likeness (QED) is 0.837. The van der Waals surface area contributed by atoms with Crippen LogP contribution < -0.4 is 5.32 Å². The SMILES string of the molecule is C[C@H](Nc1ccccc1Br)C1CCCCC1. The van der Waals surface area contributed by atoms with Crippen molar-refractivity contribution in [1.29, 1.82) is 0 Å². The molecule has 1 atom stereocenters. The fourth-order valence-corrected chi connectivity index (χ4v) is 2.97. The number of benzene rings is 1. The Morgan fingerprint density at radius 1 is 1.19 bits per heavy atom. The van der Waals surface area contributed by atoms with E-state index in [1.165, 1.54) is 37.8 Å². The van der Waals surface area contributed by atoms with Crippen LogP contribution in [0.2, 0.25) is 0 Å². The summed E-state index contributed by atoms with van der Waals surface area (Å²) in [4.78, 5) is 0. The van der Waals surface area contributed by atoms with Crippen molar-refractivity contribution >= 4 is 21.6 Å².